The normalized spacial score (nSPS) is 13.5. The molecule has 0 bridgehead atoms. The summed E-state index contributed by atoms with van der Waals surface area (Å²) in [5.74, 6) is 1.71. The van der Waals surface area contributed by atoms with Crippen LogP contribution in [0.25, 0.3) is 0 Å². The molecule has 2 atom stereocenters. The number of ether oxygens (including phenoxy) is 2. The highest BCUT2D eigenvalue weighted by molar-refractivity contribution is 5.54. The highest BCUT2D eigenvalue weighted by Gasteiger charge is 2.19. The minimum absolute atomic E-state index is 0.297. The quantitative estimate of drug-likeness (QED) is 0.331. The molecular weight excluding hydrogens is 348 g/mol. The number of phenolic OH excluding ortho intramolecular Hbond substituents is 1. The Morgan fingerprint density at radius 1 is 0.929 bits per heavy atom. The molecule has 3 heteroatoms. The lowest BCUT2D eigenvalue weighted by Crippen LogP contribution is -2.12. The van der Waals surface area contributed by atoms with Gasteiger partial charge in [0.1, 0.15) is 0 Å². The van der Waals surface area contributed by atoms with Crippen LogP contribution >= 0.6 is 0 Å². The number of unbranched alkanes of at least 4 members (excludes halogenated alkanes) is 1. The number of hydrogen-bond donors (Lipinski definition) is 1. The minimum Gasteiger partial charge on any atom is -0.504 e. The van der Waals surface area contributed by atoms with Crippen molar-refractivity contribution in [2.75, 3.05) is 13.7 Å². The third kappa shape index (κ3) is 7.31. The highest BCUT2D eigenvalue weighted by Crippen LogP contribution is 2.38. The molecule has 0 amide bonds. The molecular formula is C25H44O3. The summed E-state index contributed by atoms with van der Waals surface area (Å²) in [4.78, 5) is 0. The first-order valence-corrected chi connectivity index (χ1v) is 11.6. The summed E-state index contributed by atoms with van der Waals surface area (Å²) in [6.07, 6.45) is 11.2. The first-order valence-electron chi connectivity index (χ1n) is 11.6. The van der Waals surface area contributed by atoms with Crippen LogP contribution in [0.4, 0.5) is 0 Å². The Labute approximate surface area is 173 Å². The topological polar surface area (TPSA) is 38.7 Å². The largest absolute Gasteiger partial charge is 0.504 e. The predicted molar refractivity (Wildman–Crippen MR) is 120 cm³/mol. The van der Waals surface area contributed by atoms with Gasteiger partial charge in [-0.2, -0.15) is 0 Å². The van der Waals surface area contributed by atoms with Crippen molar-refractivity contribution in [3.8, 4) is 11.5 Å². The van der Waals surface area contributed by atoms with Crippen molar-refractivity contribution in [1.29, 1.82) is 0 Å². The Balaban J connectivity index is 2.95. The van der Waals surface area contributed by atoms with Gasteiger partial charge >= 0.3 is 0 Å². The average molecular weight is 393 g/mol. The Morgan fingerprint density at radius 3 is 2.18 bits per heavy atom. The fourth-order valence-corrected chi connectivity index (χ4v) is 4.19. The lowest BCUT2D eigenvalue weighted by molar-refractivity contribution is 0.0860. The molecule has 1 aromatic rings. The monoisotopic (exact) mass is 392 g/mol. The molecule has 3 nitrogen and oxygen atoms in total. The van der Waals surface area contributed by atoms with Crippen LogP contribution in [0.2, 0.25) is 0 Å². The summed E-state index contributed by atoms with van der Waals surface area (Å²) >= 11 is 0. The van der Waals surface area contributed by atoms with Gasteiger partial charge in [0.05, 0.1) is 12.7 Å². The second-order valence-electron chi connectivity index (χ2n) is 7.93. The summed E-state index contributed by atoms with van der Waals surface area (Å²) < 4.78 is 11.5. The van der Waals surface area contributed by atoms with Crippen LogP contribution in [0.1, 0.15) is 96.3 Å². The van der Waals surface area contributed by atoms with E-state index in [-0.39, 0.29) is 0 Å². The van der Waals surface area contributed by atoms with Crippen molar-refractivity contribution < 1.29 is 14.6 Å². The number of aromatic hydroxyl groups is 1. The molecule has 0 aliphatic rings. The maximum atomic E-state index is 10.7. The van der Waals surface area contributed by atoms with Crippen molar-refractivity contribution in [2.24, 2.45) is 5.92 Å². The summed E-state index contributed by atoms with van der Waals surface area (Å²) in [6.45, 7) is 11.7. The van der Waals surface area contributed by atoms with E-state index in [4.69, 9.17) is 9.47 Å². The number of benzene rings is 1. The summed E-state index contributed by atoms with van der Waals surface area (Å²) in [7, 11) is 1.77. The molecule has 0 spiro atoms. The Kier molecular flexibility index (Phi) is 12.3. The van der Waals surface area contributed by atoms with Gasteiger partial charge in [0, 0.05) is 12.7 Å². The Morgan fingerprint density at radius 2 is 1.64 bits per heavy atom. The maximum absolute atomic E-state index is 10.7. The van der Waals surface area contributed by atoms with Crippen molar-refractivity contribution in [1.82, 2.24) is 0 Å². The van der Waals surface area contributed by atoms with E-state index in [9.17, 15) is 5.11 Å². The third-order valence-corrected chi connectivity index (χ3v) is 6.03. The van der Waals surface area contributed by atoms with Crippen molar-refractivity contribution >= 4 is 0 Å². The molecule has 0 fully saturated rings. The van der Waals surface area contributed by atoms with Gasteiger partial charge in [0.25, 0.3) is 0 Å². The van der Waals surface area contributed by atoms with Gasteiger partial charge in [-0.3, -0.25) is 0 Å². The zero-order valence-electron chi connectivity index (χ0n) is 19.3. The van der Waals surface area contributed by atoms with Crippen LogP contribution in [0.15, 0.2) is 6.07 Å². The predicted octanol–water partition coefficient (Wildman–Crippen LogP) is 6.86. The second-order valence-corrected chi connectivity index (χ2v) is 7.93. The van der Waals surface area contributed by atoms with Crippen LogP contribution in [-0.2, 0) is 24.0 Å². The Hall–Kier alpha value is -1.22. The molecule has 0 heterocycles. The van der Waals surface area contributed by atoms with Crippen LogP contribution in [0.5, 0.6) is 11.5 Å². The first kappa shape index (κ1) is 24.8. The molecule has 0 aliphatic heterocycles. The van der Waals surface area contributed by atoms with E-state index in [2.05, 4.69) is 34.6 Å². The molecule has 0 aliphatic carbocycles. The van der Waals surface area contributed by atoms with Gasteiger partial charge in [-0.15, -0.1) is 0 Å². The molecule has 0 saturated carbocycles. The highest BCUT2D eigenvalue weighted by atomic mass is 16.5. The van der Waals surface area contributed by atoms with Gasteiger partial charge in [0.15, 0.2) is 11.5 Å². The third-order valence-electron chi connectivity index (χ3n) is 6.03. The summed E-state index contributed by atoms with van der Waals surface area (Å²) in [5.41, 5.74) is 3.90. The molecule has 28 heavy (non-hydrogen) atoms. The van der Waals surface area contributed by atoms with Crippen LogP contribution < -0.4 is 4.74 Å². The van der Waals surface area contributed by atoms with E-state index in [1.54, 1.807) is 7.11 Å². The fraction of sp³-hybridized carbons (Fsp3) is 0.760. The SMILES string of the molecule is CCCCC(CC)Cc1cc(O)c(OCCCC(CC)OC)c(CC)c1CC. The maximum Gasteiger partial charge on any atom is 0.164 e. The van der Waals surface area contributed by atoms with E-state index in [0.29, 0.717) is 30.1 Å². The lowest BCUT2D eigenvalue weighted by Gasteiger charge is -2.22. The number of phenols is 1. The molecule has 1 rings (SSSR count). The molecule has 1 aromatic carbocycles. The fourth-order valence-electron chi connectivity index (χ4n) is 4.19. The molecule has 162 valence electrons. The van der Waals surface area contributed by atoms with Crippen molar-refractivity contribution in [3.63, 3.8) is 0 Å². The number of rotatable bonds is 15. The van der Waals surface area contributed by atoms with E-state index in [0.717, 1.165) is 38.5 Å². The van der Waals surface area contributed by atoms with Crippen LogP contribution in [0.3, 0.4) is 0 Å². The first-order chi connectivity index (χ1) is 13.6. The van der Waals surface area contributed by atoms with Gasteiger partial charge in [-0.05, 0) is 61.6 Å². The molecule has 2 unspecified atom stereocenters. The van der Waals surface area contributed by atoms with E-state index >= 15 is 0 Å². The van der Waals surface area contributed by atoms with E-state index in [1.807, 2.05) is 6.07 Å². The van der Waals surface area contributed by atoms with E-state index < -0.39 is 0 Å². The Bertz CT molecular complexity index is 549. The van der Waals surface area contributed by atoms with Gasteiger partial charge < -0.3 is 14.6 Å². The molecule has 0 saturated heterocycles. The second kappa shape index (κ2) is 13.9. The molecule has 0 aromatic heterocycles. The lowest BCUT2D eigenvalue weighted by atomic mass is 9.86. The van der Waals surface area contributed by atoms with Gasteiger partial charge in [-0.1, -0.05) is 60.3 Å². The summed E-state index contributed by atoms with van der Waals surface area (Å²) in [5, 5.41) is 10.7. The van der Waals surface area contributed by atoms with E-state index in [1.165, 1.54) is 42.4 Å². The minimum atomic E-state index is 0.297. The van der Waals surface area contributed by atoms with Gasteiger partial charge in [0.2, 0.25) is 0 Å². The number of hydrogen-bond acceptors (Lipinski definition) is 3. The number of methoxy groups -OCH3 is 1. The van der Waals surface area contributed by atoms with Crippen molar-refractivity contribution in [2.45, 2.75) is 105 Å². The molecule has 0 radical (unpaired) electrons. The smallest absolute Gasteiger partial charge is 0.164 e. The zero-order chi connectivity index (χ0) is 20.9. The molecule has 1 N–H and O–H groups in total. The average Bonchev–Trinajstić information content (AvgIpc) is 2.71. The van der Waals surface area contributed by atoms with Crippen molar-refractivity contribution in [3.05, 3.63) is 22.8 Å². The standard InChI is InChI=1S/C25H44O3/c1-7-12-14-19(8-2)17-20-18-24(26)25(23(11-5)22(20)10-4)28-16-13-15-21(9-3)27-6/h18-19,21,26H,7-17H2,1-6H3. The van der Waals surface area contributed by atoms with Crippen LogP contribution in [0, 0.1) is 5.92 Å². The summed E-state index contributed by atoms with van der Waals surface area (Å²) in [6, 6.07) is 1.98. The van der Waals surface area contributed by atoms with Crippen LogP contribution in [-0.4, -0.2) is 24.9 Å². The van der Waals surface area contributed by atoms with Gasteiger partial charge in [-0.25, -0.2) is 0 Å². The zero-order valence-corrected chi connectivity index (χ0v) is 19.3.